The van der Waals surface area contributed by atoms with Crippen molar-refractivity contribution in [3.8, 4) is 0 Å². The number of carbonyl (C=O) groups excluding carboxylic acids is 1. The van der Waals surface area contributed by atoms with Crippen LogP contribution in [0.2, 0.25) is 0 Å². The fourth-order valence-corrected chi connectivity index (χ4v) is 2.02. The van der Waals surface area contributed by atoms with Gasteiger partial charge in [0, 0.05) is 25.1 Å². The van der Waals surface area contributed by atoms with E-state index in [-0.39, 0.29) is 23.2 Å². The van der Waals surface area contributed by atoms with E-state index in [1.807, 2.05) is 26.0 Å². The number of rotatable bonds is 6. The lowest BCUT2D eigenvalue weighted by Crippen LogP contribution is -2.36. The molecule has 1 atom stereocenters. The van der Waals surface area contributed by atoms with Gasteiger partial charge in [0.1, 0.15) is 11.5 Å². The fraction of sp³-hybridized carbons (Fsp3) is 0.400. The fourth-order valence-electron chi connectivity index (χ4n) is 2.02. The molecule has 1 N–H and O–H groups in total. The van der Waals surface area contributed by atoms with Crippen molar-refractivity contribution >= 4 is 5.91 Å². The number of furan rings is 1. The number of hydrogen-bond acceptors (Lipinski definition) is 4. The smallest absolute Gasteiger partial charge is 0.271 e. The van der Waals surface area contributed by atoms with Gasteiger partial charge in [-0.3, -0.25) is 9.59 Å². The second-order valence-corrected chi connectivity index (χ2v) is 4.94. The third kappa shape index (κ3) is 4.05. The van der Waals surface area contributed by atoms with Crippen molar-refractivity contribution in [1.82, 2.24) is 15.1 Å². The quantitative estimate of drug-likeness (QED) is 0.876. The molecule has 6 heteroatoms. The number of hydrogen-bond donors (Lipinski definition) is 1. The molecule has 0 saturated heterocycles. The summed E-state index contributed by atoms with van der Waals surface area (Å²) in [7, 11) is 0. The number of amides is 1. The van der Waals surface area contributed by atoms with Gasteiger partial charge in [0.05, 0.1) is 6.26 Å². The molecule has 2 aromatic rings. The Morgan fingerprint density at radius 3 is 2.90 bits per heavy atom. The molecule has 112 valence electrons. The Morgan fingerprint density at radius 2 is 2.24 bits per heavy atom. The summed E-state index contributed by atoms with van der Waals surface area (Å²) in [6, 6.07) is 6.41. The number of nitrogens with zero attached hydrogens (tertiary/aromatic N) is 2. The second-order valence-electron chi connectivity index (χ2n) is 4.94. The summed E-state index contributed by atoms with van der Waals surface area (Å²) >= 11 is 0. The van der Waals surface area contributed by atoms with Crippen LogP contribution in [0, 0.1) is 0 Å². The minimum absolute atomic E-state index is 0.0861. The monoisotopic (exact) mass is 289 g/mol. The molecular weight excluding hydrogens is 270 g/mol. The Bertz CT molecular complexity index is 646. The summed E-state index contributed by atoms with van der Waals surface area (Å²) in [5, 5.41) is 6.93. The lowest BCUT2D eigenvalue weighted by atomic mass is 10.2. The van der Waals surface area contributed by atoms with Crippen molar-refractivity contribution in [3.05, 3.63) is 52.3 Å². The Balaban J connectivity index is 2.02. The molecule has 2 heterocycles. The van der Waals surface area contributed by atoms with Crippen molar-refractivity contribution in [1.29, 1.82) is 0 Å². The minimum atomic E-state index is -0.293. The van der Waals surface area contributed by atoms with E-state index >= 15 is 0 Å². The molecule has 0 bridgehead atoms. The van der Waals surface area contributed by atoms with Gasteiger partial charge in [0.25, 0.3) is 11.5 Å². The molecule has 0 radical (unpaired) electrons. The first-order valence-corrected chi connectivity index (χ1v) is 7.01. The van der Waals surface area contributed by atoms with E-state index in [1.165, 1.54) is 16.8 Å². The molecular formula is C15H19N3O3. The van der Waals surface area contributed by atoms with Crippen LogP contribution in [-0.2, 0) is 13.0 Å². The molecule has 0 spiro atoms. The number of aromatic nitrogens is 2. The van der Waals surface area contributed by atoms with Gasteiger partial charge in [-0.1, -0.05) is 6.92 Å². The van der Waals surface area contributed by atoms with Crippen molar-refractivity contribution in [3.63, 3.8) is 0 Å². The van der Waals surface area contributed by atoms with Gasteiger partial charge in [0.15, 0.2) is 0 Å². The maximum absolute atomic E-state index is 12.1. The summed E-state index contributed by atoms with van der Waals surface area (Å²) < 4.78 is 6.56. The molecule has 0 saturated carbocycles. The van der Waals surface area contributed by atoms with E-state index in [2.05, 4.69) is 10.4 Å². The number of nitrogens with one attached hydrogen (secondary N) is 1. The molecule has 0 aromatic carbocycles. The zero-order chi connectivity index (χ0) is 15.2. The maximum Gasteiger partial charge on any atom is 0.271 e. The van der Waals surface area contributed by atoms with Gasteiger partial charge in [-0.15, -0.1) is 0 Å². The van der Waals surface area contributed by atoms with Crippen LogP contribution in [0.1, 0.15) is 36.5 Å². The Kier molecular flexibility index (Phi) is 4.92. The van der Waals surface area contributed by atoms with Gasteiger partial charge in [0.2, 0.25) is 0 Å². The van der Waals surface area contributed by atoms with Gasteiger partial charge in [-0.2, -0.15) is 5.10 Å². The van der Waals surface area contributed by atoms with Crippen LogP contribution in [0.25, 0.3) is 0 Å². The van der Waals surface area contributed by atoms with Gasteiger partial charge < -0.3 is 9.73 Å². The highest BCUT2D eigenvalue weighted by atomic mass is 16.3. The van der Waals surface area contributed by atoms with E-state index in [0.29, 0.717) is 13.0 Å². The van der Waals surface area contributed by atoms with Gasteiger partial charge in [-0.05, 0) is 31.5 Å². The van der Waals surface area contributed by atoms with Crippen LogP contribution >= 0.6 is 0 Å². The average molecular weight is 289 g/mol. The number of aryl methyl sites for hydroxylation is 1. The molecule has 1 amide bonds. The molecule has 21 heavy (non-hydrogen) atoms. The zero-order valence-corrected chi connectivity index (χ0v) is 12.2. The van der Waals surface area contributed by atoms with Crippen molar-refractivity contribution < 1.29 is 9.21 Å². The lowest BCUT2D eigenvalue weighted by Gasteiger charge is -2.12. The lowest BCUT2D eigenvalue weighted by molar-refractivity contribution is 0.0931. The van der Waals surface area contributed by atoms with E-state index < -0.39 is 0 Å². The highest BCUT2D eigenvalue weighted by Crippen LogP contribution is 2.04. The van der Waals surface area contributed by atoms with Crippen LogP contribution in [0.3, 0.4) is 0 Å². The van der Waals surface area contributed by atoms with Crippen LogP contribution in [0.4, 0.5) is 0 Å². The van der Waals surface area contributed by atoms with E-state index in [0.717, 1.165) is 12.2 Å². The van der Waals surface area contributed by atoms with Gasteiger partial charge in [-0.25, -0.2) is 4.68 Å². The van der Waals surface area contributed by atoms with Gasteiger partial charge >= 0.3 is 0 Å². The molecule has 2 rings (SSSR count). The largest absolute Gasteiger partial charge is 0.469 e. The van der Waals surface area contributed by atoms with Crippen LogP contribution in [-0.4, -0.2) is 21.7 Å². The third-order valence-electron chi connectivity index (χ3n) is 3.00. The zero-order valence-electron chi connectivity index (χ0n) is 12.2. The van der Waals surface area contributed by atoms with Crippen LogP contribution in [0.5, 0.6) is 0 Å². The molecule has 0 fully saturated rings. The summed E-state index contributed by atoms with van der Waals surface area (Å²) in [4.78, 5) is 23.7. The van der Waals surface area contributed by atoms with E-state index in [4.69, 9.17) is 4.42 Å². The number of carbonyl (C=O) groups is 1. The summed E-state index contributed by atoms with van der Waals surface area (Å²) in [6.07, 6.45) is 2.99. The molecule has 0 aliphatic carbocycles. The minimum Gasteiger partial charge on any atom is -0.469 e. The Labute approximate surface area is 122 Å². The molecule has 0 unspecified atom stereocenters. The maximum atomic E-state index is 12.1. The Hall–Kier alpha value is -2.37. The van der Waals surface area contributed by atoms with E-state index in [1.54, 1.807) is 6.26 Å². The van der Waals surface area contributed by atoms with Crippen LogP contribution < -0.4 is 10.9 Å². The first-order chi connectivity index (χ1) is 10.1. The highest BCUT2D eigenvalue weighted by molar-refractivity contribution is 5.92. The van der Waals surface area contributed by atoms with Crippen molar-refractivity contribution in [2.45, 2.75) is 39.3 Å². The molecule has 2 aromatic heterocycles. The van der Waals surface area contributed by atoms with Crippen LogP contribution in [0.15, 0.2) is 39.7 Å². The standard InChI is InChI=1S/C15H19N3O3/c1-3-8-18-14(19)7-6-13(17-18)15(20)16-11(2)10-12-5-4-9-21-12/h4-7,9,11H,3,8,10H2,1-2H3,(H,16,20)/t11-/m0/s1. The molecule has 0 aliphatic rings. The predicted molar refractivity (Wildman–Crippen MR) is 78.1 cm³/mol. The van der Waals surface area contributed by atoms with Crippen molar-refractivity contribution in [2.75, 3.05) is 0 Å². The third-order valence-corrected chi connectivity index (χ3v) is 3.00. The normalized spacial score (nSPS) is 12.1. The summed E-state index contributed by atoms with van der Waals surface area (Å²) in [5.41, 5.74) is 0.0476. The van der Waals surface area contributed by atoms with E-state index in [9.17, 15) is 9.59 Å². The average Bonchev–Trinajstić information content (AvgIpc) is 2.94. The SMILES string of the molecule is CCCn1nc(C(=O)N[C@@H](C)Cc2ccco2)ccc1=O. The second kappa shape index (κ2) is 6.88. The first kappa shape index (κ1) is 15.0. The summed E-state index contributed by atoms with van der Waals surface area (Å²) in [5.74, 6) is 0.519. The summed E-state index contributed by atoms with van der Waals surface area (Å²) in [6.45, 7) is 4.34. The molecule has 0 aliphatic heterocycles. The Morgan fingerprint density at radius 1 is 1.43 bits per heavy atom. The first-order valence-electron chi connectivity index (χ1n) is 7.01. The molecule has 6 nitrogen and oxygen atoms in total. The highest BCUT2D eigenvalue weighted by Gasteiger charge is 2.13. The predicted octanol–water partition coefficient (Wildman–Crippen LogP) is 1.61. The van der Waals surface area contributed by atoms with Crippen molar-refractivity contribution in [2.24, 2.45) is 0 Å². The topological polar surface area (TPSA) is 77.1 Å².